The van der Waals surface area contributed by atoms with Crippen molar-refractivity contribution in [1.29, 1.82) is 0 Å². The molecule has 1 aliphatic rings. The molecule has 0 radical (unpaired) electrons. The second-order valence-corrected chi connectivity index (χ2v) is 10.1. The molecule has 0 saturated heterocycles. The molecule has 9 rings (SSSR count). The van der Waals surface area contributed by atoms with Crippen LogP contribution in [0.1, 0.15) is 11.1 Å². The maximum atomic E-state index is 2.44. The zero-order chi connectivity index (χ0) is 23.4. The summed E-state index contributed by atoms with van der Waals surface area (Å²) in [5, 5.41) is 8.01. The van der Waals surface area contributed by atoms with Crippen molar-refractivity contribution in [2.75, 3.05) is 0 Å². The average molecular weight is 456 g/mol. The van der Waals surface area contributed by atoms with Crippen LogP contribution >= 0.6 is 0 Å². The van der Waals surface area contributed by atoms with Crippen LogP contribution in [0.25, 0.3) is 71.1 Å². The highest BCUT2D eigenvalue weighted by Gasteiger charge is 2.20. The fourth-order valence-corrected chi connectivity index (χ4v) is 6.76. The van der Waals surface area contributed by atoms with Crippen molar-refractivity contribution in [3.05, 3.63) is 126 Å². The predicted molar refractivity (Wildman–Crippen MR) is 152 cm³/mol. The smallest absolute Gasteiger partial charge is 0.0620 e. The molecule has 0 fully saturated rings. The Morgan fingerprint density at radius 2 is 1.22 bits per heavy atom. The molecule has 1 heteroatoms. The van der Waals surface area contributed by atoms with Gasteiger partial charge in [-0.1, -0.05) is 91.0 Å². The van der Waals surface area contributed by atoms with Gasteiger partial charge >= 0.3 is 0 Å². The Bertz CT molecular complexity index is 2180. The van der Waals surface area contributed by atoms with Crippen LogP contribution in [0.3, 0.4) is 0 Å². The summed E-state index contributed by atoms with van der Waals surface area (Å²) in [5.41, 5.74) is 12.1. The minimum atomic E-state index is 1.03. The van der Waals surface area contributed by atoms with E-state index in [9.17, 15) is 0 Å². The second-order valence-electron chi connectivity index (χ2n) is 10.1. The van der Waals surface area contributed by atoms with E-state index in [1.54, 1.807) is 0 Å². The van der Waals surface area contributed by atoms with Gasteiger partial charge in [0.05, 0.1) is 16.6 Å². The number of hydrogen-bond donors (Lipinski definition) is 0. The first-order valence-corrected chi connectivity index (χ1v) is 12.7. The zero-order valence-corrected chi connectivity index (χ0v) is 19.6. The number of para-hydroxylation sites is 2. The van der Waals surface area contributed by atoms with Crippen LogP contribution in [0.5, 0.6) is 0 Å². The minimum Gasteiger partial charge on any atom is -0.308 e. The maximum Gasteiger partial charge on any atom is 0.0620 e. The quantitative estimate of drug-likeness (QED) is 0.232. The lowest BCUT2D eigenvalue weighted by Crippen LogP contribution is -1.86. The van der Waals surface area contributed by atoms with E-state index in [-0.39, 0.29) is 0 Å². The minimum absolute atomic E-state index is 1.03. The Hall–Kier alpha value is -4.62. The lowest BCUT2D eigenvalue weighted by Gasteiger charge is -2.09. The van der Waals surface area contributed by atoms with Crippen LogP contribution < -0.4 is 0 Å². The molecule has 0 unspecified atom stereocenters. The van der Waals surface area contributed by atoms with Crippen LogP contribution in [0.15, 0.2) is 115 Å². The molecule has 0 aliphatic heterocycles. The number of fused-ring (bicyclic) bond motifs is 11. The van der Waals surface area contributed by atoms with E-state index in [1.165, 1.54) is 82.2 Å². The van der Waals surface area contributed by atoms with Crippen molar-refractivity contribution in [1.82, 2.24) is 4.40 Å². The third kappa shape index (κ3) is 2.26. The zero-order valence-electron chi connectivity index (χ0n) is 19.6. The molecule has 0 spiro atoms. The van der Waals surface area contributed by atoms with E-state index in [0.29, 0.717) is 0 Å². The summed E-state index contributed by atoms with van der Waals surface area (Å²) >= 11 is 0. The molecule has 36 heavy (non-hydrogen) atoms. The molecule has 0 saturated carbocycles. The molecular weight excluding hydrogens is 434 g/mol. The van der Waals surface area contributed by atoms with E-state index in [2.05, 4.69) is 120 Å². The monoisotopic (exact) mass is 455 g/mol. The first kappa shape index (κ1) is 18.7. The molecule has 0 amide bonds. The summed E-state index contributed by atoms with van der Waals surface area (Å²) in [6.45, 7) is 0. The Morgan fingerprint density at radius 1 is 0.472 bits per heavy atom. The average Bonchev–Trinajstić information content (AvgIpc) is 3.59. The molecule has 1 aliphatic carbocycles. The van der Waals surface area contributed by atoms with Gasteiger partial charge in [-0.25, -0.2) is 0 Å². The summed E-state index contributed by atoms with van der Waals surface area (Å²) in [6.07, 6.45) is 1.03. The molecule has 0 bridgehead atoms. The van der Waals surface area contributed by atoms with Gasteiger partial charge in [-0.05, 0) is 74.8 Å². The van der Waals surface area contributed by atoms with Gasteiger partial charge in [0.25, 0.3) is 0 Å². The Balaban J connectivity index is 1.25. The molecule has 2 aromatic heterocycles. The number of rotatable bonds is 1. The first-order chi connectivity index (χ1) is 17.8. The molecule has 166 valence electrons. The number of aromatic nitrogens is 1. The first-order valence-electron chi connectivity index (χ1n) is 12.7. The largest absolute Gasteiger partial charge is 0.308 e. The molecular formula is C35H21N. The van der Waals surface area contributed by atoms with Crippen molar-refractivity contribution >= 4 is 48.9 Å². The topological polar surface area (TPSA) is 4.41 Å². The van der Waals surface area contributed by atoms with Gasteiger partial charge in [0.1, 0.15) is 0 Å². The summed E-state index contributed by atoms with van der Waals surface area (Å²) in [5.74, 6) is 0. The normalized spacial score (nSPS) is 12.9. The maximum absolute atomic E-state index is 2.44. The van der Waals surface area contributed by atoms with Crippen LogP contribution in [0.2, 0.25) is 0 Å². The van der Waals surface area contributed by atoms with Crippen molar-refractivity contribution in [2.24, 2.45) is 0 Å². The van der Waals surface area contributed by atoms with Gasteiger partial charge < -0.3 is 4.40 Å². The van der Waals surface area contributed by atoms with E-state index in [1.807, 2.05) is 0 Å². The van der Waals surface area contributed by atoms with E-state index < -0.39 is 0 Å². The molecule has 0 N–H and O–H groups in total. The van der Waals surface area contributed by atoms with Crippen LogP contribution in [0, 0.1) is 0 Å². The number of hydrogen-bond acceptors (Lipinski definition) is 0. The molecule has 0 atom stereocenters. The van der Waals surface area contributed by atoms with Crippen LogP contribution in [-0.2, 0) is 6.42 Å². The Morgan fingerprint density at radius 3 is 2.19 bits per heavy atom. The van der Waals surface area contributed by atoms with Crippen LogP contribution in [-0.4, -0.2) is 4.40 Å². The number of benzene rings is 6. The van der Waals surface area contributed by atoms with Gasteiger partial charge in [0, 0.05) is 21.5 Å². The lowest BCUT2D eigenvalue weighted by molar-refractivity contribution is 1.28. The Kier molecular flexibility index (Phi) is 3.39. The van der Waals surface area contributed by atoms with Crippen molar-refractivity contribution in [3.8, 4) is 22.3 Å². The van der Waals surface area contributed by atoms with Gasteiger partial charge in [-0.15, -0.1) is 0 Å². The highest BCUT2D eigenvalue weighted by Crippen LogP contribution is 2.42. The van der Waals surface area contributed by atoms with Gasteiger partial charge in [0.15, 0.2) is 0 Å². The van der Waals surface area contributed by atoms with E-state index in [4.69, 9.17) is 0 Å². The predicted octanol–water partition coefficient (Wildman–Crippen LogP) is 9.23. The van der Waals surface area contributed by atoms with Crippen molar-refractivity contribution in [2.45, 2.75) is 6.42 Å². The third-order valence-electron chi connectivity index (χ3n) is 8.36. The lowest BCUT2D eigenvalue weighted by atomic mass is 9.95. The summed E-state index contributed by atoms with van der Waals surface area (Å²) in [7, 11) is 0. The molecule has 6 aromatic carbocycles. The second kappa shape index (κ2) is 6.53. The SMILES string of the molecule is c1ccc2c(c1)Cc1c-2ccc2cc(-c3ccc4c(c3)c3cccc5c6ccccc6n4c53)ccc12. The molecule has 1 nitrogen and oxygen atoms in total. The highest BCUT2D eigenvalue weighted by molar-refractivity contribution is 6.23. The van der Waals surface area contributed by atoms with Crippen LogP contribution in [0.4, 0.5) is 0 Å². The highest BCUT2D eigenvalue weighted by atomic mass is 14.9. The molecule has 8 aromatic rings. The molecule has 2 heterocycles. The van der Waals surface area contributed by atoms with Gasteiger partial charge in [-0.2, -0.15) is 0 Å². The fourth-order valence-electron chi connectivity index (χ4n) is 6.76. The summed E-state index contributed by atoms with van der Waals surface area (Å²) < 4.78 is 2.44. The van der Waals surface area contributed by atoms with Gasteiger partial charge in [0.2, 0.25) is 0 Å². The number of nitrogens with zero attached hydrogens (tertiary/aromatic N) is 1. The van der Waals surface area contributed by atoms with Crippen molar-refractivity contribution in [3.63, 3.8) is 0 Å². The van der Waals surface area contributed by atoms with E-state index >= 15 is 0 Å². The van der Waals surface area contributed by atoms with Crippen molar-refractivity contribution < 1.29 is 0 Å². The Labute approximate surface area is 208 Å². The third-order valence-corrected chi connectivity index (χ3v) is 8.36. The standard InChI is InChI=1S/C35H21N/c1-2-7-25-23(6-1)20-31-26-15-12-21(18-24(26)13-16-27(25)31)22-14-17-34-32(19-22)30-10-5-9-29-28-8-3-4-11-33(28)36(34)35(29)30/h1-19H,20H2. The summed E-state index contributed by atoms with van der Waals surface area (Å²) in [4.78, 5) is 0. The van der Waals surface area contributed by atoms with Gasteiger partial charge in [-0.3, -0.25) is 0 Å². The fraction of sp³-hybridized carbons (Fsp3) is 0.0286. The van der Waals surface area contributed by atoms with E-state index in [0.717, 1.165) is 6.42 Å². The summed E-state index contributed by atoms with van der Waals surface area (Å²) in [6, 6.07) is 42.9.